The molecule has 1 aliphatic carbocycles. The third-order valence-corrected chi connectivity index (χ3v) is 6.34. The van der Waals surface area contributed by atoms with Crippen molar-refractivity contribution in [3.63, 3.8) is 0 Å². The molecule has 0 fully saturated rings. The number of aryl methyl sites for hydroxylation is 2. The summed E-state index contributed by atoms with van der Waals surface area (Å²) >= 11 is 0. The highest BCUT2D eigenvalue weighted by Crippen LogP contribution is 2.49. The number of anilines is 1. The van der Waals surface area contributed by atoms with Gasteiger partial charge < -0.3 is 14.6 Å². The van der Waals surface area contributed by atoms with Crippen LogP contribution in [0.5, 0.6) is 5.75 Å². The van der Waals surface area contributed by atoms with E-state index in [1.165, 1.54) is 0 Å². The van der Waals surface area contributed by atoms with Crippen LogP contribution in [-0.2, 0) is 4.79 Å². The summed E-state index contributed by atoms with van der Waals surface area (Å²) in [5, 5.41) is 7.59. The van der Waals surface area contributed by atoms with Gasteiger partial charge in [-0.1, -0.05) is 41.6 Å². The quantitative estimate of drug-likeness (QED) is 0.650. The van der Waals surface area contributed by atoms with Gasteiger partial charge in [0.05, 0.1) is 18.4 Å². The number of nitrogens with zero attached hydrogens (tertiary/aromatic N) is 1. The number of carbonyl (C=O) groups excluding carboxylic acids is 1. The number of allylic oxidation sites excluding steroid dienone is 2. The number of carbonyl (C=O) groups is 1. The lowest BCUT2D eigenvalue weighted by Crippen LogP contribution is -2.29. The molecule has 1 N–H and O–H groups in total. The largest absolute Gasteiger partial charge is 0.497 e. The number of benzene rings is 2. The third-order valence-electron chi connectivity index (χ3n) is 6.34. The second-order valence-electron chi connectivity index (χ2n) is 8.12. The number of nitrogens with one attached hydrogen (secondary N) is 1. The van der Waals surface area contributed by atoms with E-state index < -0.39 is 0 Å². The first-order chi connectivity index (χ1) is 14.6. The topological polar surface area (TPSA) is 64.4 Å². The summed E-state index contributed by atoms with van der Waals surface area (Å²) in [5.74, 6) is 1.63. The highest BCUT2D eigenvalue weighted by atomic mass is 16.5. The molecule has 5 rings (SSSR count). The van der Waals surface area contributed by atoms with E-state index in [4.69, 9.17) is 9.26 Å². The van der Waals surface area contributed by atoms with Gasteiger partial charge in [-0.3, -0.25) is 4.79 Å². The molecule has 0 radical (unpaired) electrons. The van der Waals surface area contributed by atoms with Crippen LogP contribution in [0.25, 0.3) is 0 Å². The molecule has 5 heteroatoms. The van der Waals surface area contributed by atoms with Gasteiger partial charge in [-0.15, -0.1) is 0 Å². The van der Waals surface area contributed by atoms with Crippen molar-refractivity contribution in [1.29, 1.82) is 0 Å². The summed E-state index contributed by atoms with van der Waals surface area (Å²) in [7, 11) is 1.66. The van der Waals surface area contributed by atoms with Gasteiger partial charge in [-0.2, -0.15) is 0 Å². The Kier molecular flexibility index (Phi) is 4.46. The molecule has 0 saturated heterocycles. The fourth-order valence-electron chi connectivity index (χ4n) is 4.81. The van der Waals surface area contributed by atoms with E-state index in [1.54, 1.807) is 7.11 Å². The first-order valence-corrected chi connectivity index (χ1v) is 10.3. The smallest absolute Gasteiger partial charge is 0.233 e. The maximum Gasteiger partial charge on any atom is 0.233 e. The van der Waals surface area contributed by atoms with Crippen molar-refractivity contribution in [2.24, 2.45) is 0 Å². The molecule has 0 spiro atoms. The van der Waals surface area contributed by atoms with E-state index in [-0.39, 0.29) is 17.6 Å². The Morgan fingerprint density at radius 2 is 1.83 bits per heavy atom. The fraction of sp³-hybridized carbons (Fsp3) is 0.280. The SMILES string of the molecule is COc1ccc(C2CC(=O)C3=C(C2)Nc2onc(C)c2C3c2ccccc2C)cc1. The third kappa shape index (κ3) is 2.93. The molecule has 2 unspecified atom stereocenters. The van der Waals surface area contributed by atoms with Gasteiger partial charge in [0.2, 0.25) is 5.88 Å². The number of ether oxygens (including phenoxy) is 1. The molecule has 2 atom stereocenters. The number of rotatable bonds is 3. The summed E-state index contributed by atoms with van der Waals surface area (Å²) in [6.45, 7) is 4.03. The lowest BCUT2D eigenvalue weighted by molar-refractivity contribution is -0.116. The lowest BCUT2D eigenvalue weighted by atomic mass is 9.72. The molecule has 1 aromatic heterocycles. The van der Waals surface area contributed by atoms with Crippen molar-refractivity contribution in [2.75, 3.05) is 12.4 Å². The predicted octanol–water partition coefficient (Wildman–Crippen LogP) is 5.26. The van der Waals surface area contributed by atoms with Gasteiger partial charge in [-0.25, -0.2) is 0 Å². The van der Waals surface area contributed by atoms with Gasteiger partial charge in [0.1, 0.15) is 5.75 Å². The number of methoxy groups -OCH3 is 1. The van der Waals surface area contributed by atoms with Gasteiger partial charge in [0, 0.05) is 23.6 Å². The van der Waals surface area contributed by atoms with Gasteiger partial charge in [-0.05, 0) is 55.0 Å². The molecule has 0 saturated carbocycles. The lowest BCUT2D eigenvalue weighted by Gasteiger charge is -2.35. The summed E-state index contributed by atoms with van der Waals surface area (Å²) in [5.41, 5.74) is 7.03. The van der Waals surface area contributed by atoms with Crippen LogP contribution in [0.15, 0.2) is 64.3 Å². The van der Waals surface area contributed by atoms with E-state index in [0.717, 1.165) is 51.4 Å². The van der Waals surface area contributed by atoms with Gasteiger partial charge >= 0.3 is 0 Å². The second kappa shape index (κ2) is 7.17. The molecular weight excluding hydrogens is 376 g/mol. The summed E-state index contributed by atoms with van der Waals surface area (Å²) in [4.78, 5) is 13.5. The normalized spacial score (nSPS) is 20.4. The van der Waals surface area contributed by atoms with Crippen LogP contribution < -0.4 is 10.1 Å². The zero-order valence-electron chi connectivity index (χ0n) is 17.4. The van der Waals surface area contributed by atoms with Crippen LogP contribution in [0.4, 0.5) is 5.88 Å². The molecule has 3 aromatic rings. The Morgan fingerprint density at radius 1 is 1.07 bits per heavy atom. The van der Waals surface area contributed by atoms with Crippen molar-refractivity contribution >= 4 is 11.7 Å². The second-order valence-corrected chi connectivity index (χ2v) is 8.12. The number of fused-ring (bicyclic) bond motifs is 1. The predicted molar refractivity (Wildman–Crippen MR) is 115 cm³/mol. The van der Waals surface area contributed by atoms with E-state index in [1.807, 2.05) is 43.3 Å². The van der Waals surface area contributed by atoms with Crippen molar-refractivity contribution in [3.05, 3.63) is 87.7 Å². The van der Waals surface area contributed by atoms with Gasteiger partial charge in [0.25, 0.3) is 0 Å². The van der Waals surface area contributed by atoms with Crippen molar-refractivity contribution < 1.29 is 14.1 Å². The summed E-state index contributed by atoms with van der Waals surface area (Å²) in [6.07, 6.45) is 1.25. The number of Topliss-reactive ketones (excluding diaryl/α,β-unsaturated/α-hetero) is 1. The monoisotopic (exact) mass is 400 g/mol. The minimum atomic E-state index is -0.145. The molecule has 2 aromatic carbocycles. The average molecular weight is 400 g/mol. The minimum Gasteiger partial charge on any atom is -0.497 e. The highest BCUT2D eigenvalue weighted by molar-refractivity contribution is 6.01. The van der Waals surface area contributed by atoms with Crippen molar-refractivity contribution in [3.8, 4) is 5.75 Å². The Labute approximate surface area is 175 Å². The molecule has 30 heavy (non-hydrogen) atoms. The molecular formula is C25H24N2O3. The minimum absolute atomic E-state index is 0.123. The Balaban J connectivity index is 1.60. The number of aromatic nitrogens is 1. The molecule has 5 nitrogen and oxygen atoms in total. The number of hydrogen-bond acceptors (Lipinski definition) is 5. The Morgan fingerprint density at radius 3 is 2.57 bits per heavy atom. The van der Waals surface area contributed by atoms with E-state index in [0.29, 0.717) is 12.3 Å². The van der Waals surface area contributed by atoms with Crippen molar-refractivity contribution in [1.82, 2.24) is 5.16 Å². The zero-order valence-corrected chi connectivity index (χ0v) is 17.4. The van der Waals surface area contributed by atoms with Crippen LogP contribution in [0.1, 0.15) is 52.6 Å². The van der Waals surface area contributed by atoms with Gasteiger partial charge in [0.15, 0.2) is 5.78 Å². The number of hydrogen-bond donors (Lipinski definition) is 1. The fourth-order valence-corrected chi connectivity index (χ4v) is 4.81. The van der Waals surface area contributed by atoms with Crippen LogP contribution in [0.2, 0.25) is 0 Å². The molecule has 2 heterocycles. The van der Waals surface area contributed by atoms with Crippen LogP contribution in [-0.4, -0.2) is 18.0 Å². The maximum atomic E-state index is 13.5. The summed E-state index contributed by atoms with van der Waals surface area (Å²) in [6, 6.07) is 16.3. The van der Waals surface area contributed by atoms with Crippen molar-refractivity contribution in [2.45, 2.75) is 38.5 Å². The average Bonchev–Trinajstić information content (AvgIpc) is 3.13. The van der Waals surface area contributed by atoms with E-state index in [2.05, 4.69) is 29.5 Å². The number of ketones is 1. The molecule has 152 valence electrons. The maximum absolute atomic E-state index is 13.5. The van der Waals surface area contributed by atoms with Crippen LogP contribution in [0, 0.1) is 13.8 Å². The first kappa shape index (κ1) is 18.7. The van der Waals surface area contributed by atoms with E-state index >= 15 is 0 Å². The Bertz CT molecular complexity index is 1160. The summed E-state index contributed by atoms with van der Waals surface area (Å²) < 4.78 is 10.9. The molecule has 0 amide bonds. The van der Waals surface area contributed by atoms with Crippen LogP contribution in [0.3, 0.4) is 0 Å². The Hall–Kier alpha value is -3.34. The molecule has 0 bridgehead atoms. The molecule has 2 aliphatic rings. The standard InChI is InChI=1S/C25H24N2O3/c1-14-6-4-5-7-19(14)23-22-15(2)27-30-25(22)26-20-12-17(13-21(28)24(20)23)16-8-10-18(29-3)11-9-16/h4-11,17,23,26H,12-13H2,1-3H3. The molecule has 1 aliphatic heterocycles. The first-order valence-electron chi connectivity index (χ1n) is 10.3. The van der Waals surface area contributed by atoms with Crippen LogP contribution >= 0.6 is 0 Å². The zero-order chi connectivity index (χ0) is 20.8. The highest BCUT2D eigenvalue weighted by Gasteiger charge is 2.41. The van der Waals surface area contributed by atoms with E-state index in [9.17, 15) is 4.79 Å².